The summed E-state index contributed by atoms with van der Waals surface area (Å²) in [5.41, 5.74) is 0.733. The minimum absolute atomic E-state index is 0.0226. The molecule has 2 aromatic rings. The monoisotopic (exact) mass is 348 g/mol. The van der Waals surface area contributed by atoms with Crippen LogP contribution in [-0.4, -0.2) is 24.0 Å². The highest BCUT2D eigenvalue weighted by Crippen LogP contribution is 2.19. The van der Waals surface area contributed by atoms with Crippen LogP contribution in [0.5, 0.6) is 5.75 Å². The van der Waals surface area contributed by atoms with Crippen molar-refractivity contribution >= 4 is 11.8 Å². The van der Waals surface area contributed by atoms with Gasteiger partial charge in [0.15, 0.2) is 11.6 Å². The van der Waals surface area contributed by atoms with Crippen LogP contribution in [0.25, 0.3) is 0 Å². The van der Waals surface area contributed by atoms with Crippen molar-refractivity contribution in [3.05, 3.63) is 65.2 Å². The molecule has 0 saturated heterocycles. The number of para-hydroxylation sites is 1. The summed E-state index contributed by atoms with van der Waals surface area (Å²) in [6, 6.07) is 8.48. The van der Waals surface area contributed by atoms with Gasteiger partial charge in [-0.15, -0.1) is 0 Å². The van der Waals surface area contributed by atoms with Gasteiger partial charge in [-0.25, -0.2) is 8.78 Å². The summed E-state index contributed by atoms with van der Waals surface area (Å²) < 4.78 is 26.5. The summed E-state index contributed by atoms with van der Waals surface area (Å²) in [5.74, 6) is -3.07. The highest BCUT2D eigenvalue weighted by molar-refractivity contribution is 5.88. The van der Waals surface area contributed by atoms with Crippen molar-refractivity contribution in [1.82, 2.24) is 10.6 Å². The largest absolute Gasteiger partial charge is 0.508 e. The lowest BCUT2D eigenvalue weighted by atomic mass is 10.0. The molecule has 0 aliphatic rings. The molecule has 2 rings (SSSR count). The first kappa shape index (κ1) is 18.4. The number of benzene rings is 2. The Labute approximate surface area is 143 Å². The molecule has 3 N–H and O–H groups in total. The van der Waals surface area contributed by atoms with E-state index in [-0.39, 0.29) is 24.2 Å². The van der Waals surface area contributed by atoms with Gasteiger partial charge in [0.05, 0.1) is 0 Å². The average molecular weight is 348 g/mol. The number of amides is 2. The number of nitrogens with one attached hydrogen (secondary N) is 2. The molecule has 1 atom stereocenters. The van der Waals surface area contributed by atoms with E-state index in [4.69, 9.17) is 0 Å². The summed E-state index contributed by atoms with van der Waals surface area (Å²) in [5, 5.41) is 14.6. The molecule has 2 aromatic carbocycles. The fourth-order valence-electron chi connectivity index (χ4n) is 2.34. The zero-order valence-corrected chi connectivity index (χ0v) is 13.6. The lowest BCUT2D eigenvalue weighted by Crippen LogP contribution is -2.39. The second kappa shape index (κ2) is 8.23. The number of aromatic hydroxyl groups is 1. The van der Waals surface area contributed by atoms with Crippen molar-refractivity contribution in [3.8, 4) is 5.75 Å². The molecule has 25 heavy (non-hydrogen) atoms. The number of likely N-dealkylation sites (N-methyl/N-ethyl adjacent to an activating group) is 1. The molecule has 0 spiro atoms. The van der Waals surface area contributed by atoms with Crippen molar-refractivity contribution < 1.29 is 23.5 Å². The van der Waals surface area contributed by atoms with E-state index in [9.17, 15) is 23.5 Å². The molecule has 0 bridgehead atoms. The Morgan fingerprint density at radius 1 is 1.12 bits per heavy atom. The molecule has 5 nitrogen and oxygen atoms in total. The summed E-state index contributed by atoms with van der Waals surface area (Å²) in [6.45, 7) is 0. The first-order valence-electron chi connectivity index (χ1n) is 7.65. The van der Waals surface area contributed by atoms with Gasteiger partial charge in [0, 0.05) is 13.5 Å². The van der Waals surface area contributed by atoms with Crippen LogP contribution >= 0.6 is 0 Å². The van der Waals surface area contributed by atoms with Gasteiger partial charge in [0.2, 0.25) is 11.8 Å². The smallest absolute Gasteiger partial charge is 0.246 e. The Morgan fingerprint density at radius 3 is 2.48 bits per heavy atom. The molecule has 0 fully saturated rings. The van der Waals surface area contributed by atoms with Gasteiger partial charge in [-0.1, -0.05) is 24.3 Å². The minimum Gasteiger partial charge on any atom is -0.508 e. The Bertz CT molecular complexity index is 781. The van der Waals surface area contributed by atoms with E-state index in [1.807, 2.05) is 0 Å². The molecular formula is C18H18F2N2O3. The van der Waals surface area contributed by atoms with E-state index in [1.54, 1.807) is 18.2 Å². The van der Waals surface area contributed by atoms with E-state index in [0.29, 0.717) is 5.56 Å². The van der Waals surface area contributed by atoms with E-state index in [2.05, 4.69) is 10.6 Å². The predicted octanol–water partition coefficient (Wildman–Crippen LogP) is 2.21. The van der Waals surface area contributed by atoms with Gasteiger partial charge in [0.1, 0.15) is 11.8 Å². The second-order valence-electron chi connectivity index (χ2n) is 5.42. The Hall–Kier alpha value is -2.96. The predicted molar refractivity (Wildman–Crippen MR) is 87.7 cm³/mol. The van der Waals surface area contributed by atoms with Gasteiger partial charge in [-0.3, -0.25) is 9.59 Å². The van der Waals surface area contributed by atoms with Crippen LogP contribution in [0, 0.1) is 11.6 Å². The lowest BCUT2D eigenvalue weighted by molar-refractivity contribution is -0.128. The third-order valence-corrected chi connectivity index (χ3v) is 3.70. The molecule has 0 radical (unpaired) electrons. The molecule has 0 aromatic heterocycles. The van der Waals surface area contributed by atoms with Crippen LogP contribution in [0.4, 0.5) is 8.78 Å². The van der Waals surface area contributed by atoms with Gasteiger partial charge in [-0.05, 0) is 35.7 Å². The fraction of sp³-hybridized carbons (Fsp3) is 0.222. The molecule has 0 heterocycles. The highest BCUT2D eigenvalue weighted by atomic mass is 19.2. The van der Waals surface area contributed by atoms with Crippen molar-refractivity contribution in [2.75, 3.05) is 7.05 Å². The van der Waals surface area contributed by atoms with Crippen molar-refractivity contribution in [1.29, 1.82) is 0 Å². The van der Waals surface area contributed by atoms with Crippen molar-refractivity contribution in [2.24, 2.45) is 0 Å². The maximum absolute atomic E-state index is 13.4. The topological polar surface area (TPSA) is 78.4 Å². The lowest BCUT2D eigenvalue weighted by Gasteiger charge is -2.18. The quantitative estimate of drug-likeness (QED) is 0.749. The molecule has 7 heteroatoms. The first-order valence-corrected chi connectivity index (χ1v) is 7.65. The number of rotatable bonds is 6. The highest BCUT2D eigenvalue weighted by Gasteiger charge is 2.23. The Morgan fingerprint density at radius 2 is 1.84 bits per heavy atom. The van der Waals surface area contributed by atoms with Crippen LogP contribution in [0.1, 0.15) is 23.6 Å². The molecule has 2 amide bonds. The second-order valence-corrected chi connectivity index (χ2v) is 5.42. The van der Waals surface area contributed by atoms with E-state index < -0.39 is 29.5 Å². The minimum atomic E-state index is -1.14. The zero-order valence-electron chi connectivity index (χ0n) is 13.6. The Kier molecular flexibility index (Phi) is 6.05. The fourth-order valence-corrected chi connectivity index (χ4v) is 2.34. The summed E-state index contributed by atoms with van der Waals surface area (Å²) in [6.07, 6.45) is 0.297. The van der Waals surface area contributed by atoms with Gasteiger partial charge < -0.3 is 15.7 Å². The van der Waals surface area contributed by atoms with Crippen LogP contribution in [0.15, 0.2) is 42.5 Å². The summed E-state index contributed by atoms with van der Waals surface area (Å²) in [4.78, 5) is 24.1. The number of phenols is 1. The number of phenolic OH excluding ortho intramolecular Hbond substituents is 1. The number of hydrogen-bond donors (Lipinski definition) is 3. The summed E-state index contributed by atoms with van der Waals surface area (Å²) in [7, 11) is 1.38. The zero-order chi connectivity index (χ0) is 18.4. The van der Waals surface area contributed by atoms with Crippen molar-refractivity contribution in [2.45, 2.75) is 18.9 Å². The third-order valence-electron chi connectivity index (χ3n) is 3.70. The standard InChI is InChI=1S/C18H18F2N2O3/c1-21-18(25)17(12-6-8-13(19)14(20)10-12)22-16(24)9-7-11-4-2-3-5-15(11)23/h2-6,8,10,17,23H,7,9H2,1H3,(H,21,25)(H,22,24)/t17-/m1/s1. The van der Waals surface area contributed by atoms with Crippen LogP contribution in [0.3, 0.4) is 0 Å². The molecule has 0 aliphatic carbocycles. The number of hydrogen-bond acceptors (Lipinski definition) is 3. The summed E-state index contributed by atoms with van der Waals surface area (Å²) >= 11 is 0. The Balaban J connectivity index is 2.08. The van der Waals surface area contributed by atoms with Gasteiger partial charge in [-0.2, -0.15) is 0 Å². The number of carbonyl (C=O) groups excluding carboxylic acids is 2. The van der Waals surface area contributed by atoms with Gasteiger partial charge in [0.25, 0.3) is 0 Å². The van der Waals surface area contributed by atoms with E-state index in [1.165, 1.54) is 19.2 Å². The molecule has 0 unspecified atom stereocenters. The molecule has 0 saturated carbocycles. The maximum atomic E-state index is 13.4. The normalized spacial score (nSPS) is 11.6. The number of carbonyl (C=O) groups is 2. The number of halogens is 2. The van der Waals surface area contributed by atoms with Crippen LogP contribution in [0.2, 0.25) is 0 Å². The SMILES string of the molecule is CNC(=O)[C@H](NC(=O)CCc1ccccc1O)c1ccc(F)c(F)c1. The molecule has 132 valence electrons. The number of aryl methyl sites for hydroxylation is 1. The van der Waals surface area contributed by atoms with E-state index >= 15 is 0 Å². The third kappa shape index (κ3) is 4.76. The van der Waals surface area contributed by atoms with Crippen LogP contribution < -0.4 is 10.6 Å². The van der Waals surface area contributed by atoms with E-state index in [0.717, 1.165) is 12.1 Å². The van der Waals surface area contributed by atoms with Crippen molar-refractivity contribution in [3.63, 3.8) is 0 Å². The molecular weight excluding hydrogens is 330 g/mol. The first-order chi connectivity index (χ1) is 11.9. The van der Waals surface area contributed by atoms with Gasteiger partial charge >= 0.3 is 0 Å². The maximum Gasteiger partial charge on any atom is 0.246 e. The molecule has 0 aliphatic heterocycles. The average Bonchev–Trinajstić information content (AvgIpc) is 2.61. The van der Waals surface area contributed by atoms with Crippen LogP contribution in [-0.2, 0) is 16.0 Å².